The van der Waals surface area contributed by atoms with E-state index in [4.69, 9.17) is 4.42 Å². The summed E-state index contributed by atoms with van der Waals surface area (Å²) in [7, 11) is 1.78. The Morgan fingerprint density at radius 3 is 2.57 bits per heavy atom. The SMILES string of the molecule is CN=C(NCCN1CCN(C(=O)C2CCCC2)CC1)NC(C)c1ccc(C)o1. The van der Waals surface area contributed by atoms with Crippen LogP contribution < -0.4 is 10.6 Å². The lowest BCUT2D eigenvalue weighted by atomic mass is 10.1. The molecular formula is C21H35N5O2. The number of carbonyl (C=O) groups is 1. The van der Waals surface area contributed by atoms with E-state index in [2.05, 4.69) is 32.3 Å². The van der Waals surface area contributed by atoms with E-state index in [9.17, 15) is 4.79 Å². The first-order valence-corrected chi connectivity index (χ1v) is 10.6. The number of carbonyl (C=O) groups excluding carboxylic acids is 1. The number of nitrogens with zero attached hydrogens (tertiary/aromatic N) is 3. The van der Waals surface area contributed by atoms with Crippen molar-refractivity contribution in [3.63, 3.8) is 0 Å². The van der Waals surface area contributed by atoms with Gasteiger partial charge in [-0.3, -0.25) is 14.7 Å². The van der Waals surface area contributed by atoms with Gasteiger partial charge in [0.05, 0.1) is 6.04 Å². The second-order valence-corrected chi connectivity index (χ2v) is 7.96. The highest BCUT2D eigenvalue weighted by molar-refractivity contribution is 5.80. The molecule has 2 aliphatic rings. The molecule has 1 aliphatic carbocycles. The maximum atomic E-state index is 12.5. The van der Waals surface area contributed by atoms with Crippen LogP contribution in [0, 0.1) is 12.8 Å². The number of amides is 1. The third kappa shape index (κ3) is 5.50. The fourth-order valence-corrected chi connectivity index (χ4v) is 4.11. The van der Waals surface area contributed by atoms with Gasteiger partial charge in [-0.25, -0.2) is 0 Å². The lowest BCUT2D eigenvalue weighted by Gasteiger charge is -2.36. The molecule has 2 N–H and O–H groups in total. The molecule has 0 bridgehead atoms. The second-order valence-electron chi connectivity index (χ2n) is 7.96. The molecule has 1 saturated carbocycles. The summed E-state index contributed by atoms with van der Waals surface area (Å²) in [6.45, 7) is 9.40. The van der Waals surface area contributed by atoms with Crippen molar-refractivity contribution in [3.8, 4) is 0 Å². The molecule has 0 aromatic carbocycles. The van der Waals surface area contributed by atoms with Crippen LogP contribution in [0.4, 0.5) is 0 Å². The van der Waals surface area contributed by atoms with Gasteiger partial charge in [0.1, 0.15) is 11.5 Å². The first-order chi connectivity index (χ1) is 13.6. The third-order valence-electron chi connectivity index (χ3n) is 5.87. The van der Waals surface area contributed by atoms with Gasteiger partial charge < -0.3 is 20.0 Å². The van der Waals surface area contributed by atoms with Gasteiger partial charge in [-0.05, 0) is 38.8 Å². The molecule has 1 unspecified atom stereocenters. The van der Waals surface area contributed by atoms with Crippen LogP contribution in [0.25, 0.3) is 0 Å². The Bertz CT molecular complexity index is 658. The van der Waals surface area contributed by atoms with Crippen molar-refractivity contribution in [2.75, 3.05) is 46.3 Å². The molecule has 1 atom stereocenters. The van der Waals surface area contributed by atoms with Gasteiger partial charge >= 0.3 is 0 Å². The van der Waals surface area contributed by atoms with Crippen LogP contribution in [-0.4, -0.2) is 68.0 Å². The van der Waals surface area contributed by atoms with Crippen LogP contribution in [0.3, 0.4) is 0 Å². The van der Waals surface area contributed by atoms with Crippen molar-refractivity contribution in [2.45, 2.75) is 45.6 Å². The molecule has 1 aromatic heterocycles. The predicted molar refractivity (Wildman–Crippen MR) is 111 cm³/mol. The van der Waals surface area contributed by atoms with Crippen molar-refractivity contribution in [2.24, 2.45) is 10.9 Å². The zero-order valence-electron chi connectivity index (χ0n) is 17.5. The fraction of sp³-hybridized carbons (Fsp3) is 0.714. The molecule has 1 amide bonds. The standard InChI is InChI=1S/C21H35N5O2/c1-16-8-9-19(28-16)17(2)24-21(22-3)23-10-11-25-12-14-26(15-13-25)20(27)18-6-4-5-7-18/h8-9,17-18H,4-7,10-15H2,1-3H3,(H2,22,23,24). The summed E-state index contributed by atoms with van der Waals surface area (Å²) in [4.78, 5) is 21.3. The quantitative estimate of drug-likeness (QED) is 0.576. The smallest absolute Gasteiger partial charge is 0.225 e. The van der Waals surface area contributed by atoms with Crippen molar-refractivity contribution in [3.05, 3.63) is 23.7 Å². The molecule has 2 fully saturated rings. The molecule has 7 nitrogen and oxygen atoms in total. The Hall–Kier alpha value is -2.02. The maximum absolute atomic E-state index is 12.5. The van der Waals surface area contributed by atoms with Gasteiger partial charge in [-0.15, -0.1) is 0 Å². The maximum Gasteiger partial charge on any atom is 0.225 e. The van der Waals surface area contributed by atoms with Gasteiger partial charge in [0.2, 0.25) is 5.91 Å². The number of guanidine groups is 1. The van der Waals surface area contributed by atoms with E-state index in [0.717, 1.165) is 69.6 Å². The summed E-state index contributed by atoms with van der Waals surface area (Å²) < 4.78 is 5.67. The topological polar surface area (TPSA) is 73.1 Å². The molecule has 1 aromatic rings. The van der Waals surface area contributed by atoms with Crippen LogP contribution in [-0.2, 0) is 4.79 Å². The molecule has 0 radical (unpaired) electrons. The number of piperazine rings is 1. The van der Waals surface area contributed by atoms with E-state index in [1.165, 1.54) is 12.8 Å². The van der Waals surface area contributed by atoms with Crippen LogP contribution in [0.15, 0.2) is 21.5 Å². The minimum atomic E-state index is 0.0602. The molecule has 28 heavy (non-hydrogen) atoms. The molecule has 3 rings (SSSR count). The first-order valence-electron chi connectivity index (χ1n) is 10.6. The van der Waals surface area contributed by atoms with Gasteiger partial charge in [0, 0.05) is 52.2 Å². The van der Waals surface area contributed by atoms with Gasteiger partial charge in [-0.1, -0.05) is 12.8 Å². The Kier molecular flexibility index (Phi) is 7.36. The predicted octanol–water partition coefficient (Wildman–Crippen LogP) is 2.15. The molecule has 2 heterocycles. The summed E-state index contributed by atoms with van der Waals surface area (Å²) in [5.41, 5.74) is 0. The highest BCUT2D eigenvalue weighted by Crippen LogP contribution is 2.26. The van der Waals surface area contributed by atoms with Crippen LogP contribution in [0.2, 0.25) is 0 Å². The van der Waals surface area contributed by atoms with E-state index in [0.29, 0.717) is 11.8 Å². The van der Waals surface area contributed by atoms with Crippen molar-refractivity contribution in [1.82, 2.24) is 20.4 Å². The van der Waals surface area contributed by atoms with Crippen molar-refractivity contribution < 1.29 is 9.21 Å². The zero-order chi connectivity index (χ0) is 19.9. The average molecular weight is 390 g/mol. The number of nitrogens with one attached hydrogen (secondary N) is 2. The van der Waals surface area contributed by atoms with Gasteiger partial charge in [0.25, 0.3) is 0 Å². The summed E-state index contributed by atoms with van der Waals surface area (Å²) in [6, 6.07) is 4.03. The van der Waals surface area contributed by atoms with E-state index in [1.807, 2.05) is 19.1 Å². The highest BCUT2D eigenvalue weighted by Gasteiger charge is 2.29. The normalized spacial score (nSPS) is 20.4. The minimum absolute atomic E-state index is 0.0602. The first kappa shape index (κ1) is 20.7. The largest absolute Gasteiger partial charge is 0.464 e. The second kappa shape index (κ2) is 9.96. The Labute approximate surface area is 168 Å². The number of aliphatic imine (C=N–C) groups is 1. The molecule has 0 spiro atoms. The number of furan rings is 1. The highest BCUT2D eigenvalue weighted by atomic mass is 16.3. The summed E-state index contributed by atoms with van der Waals surface area (Å²) in [5, 5.41) is 6.74. The Morgan fingerprint density at radius 1 is 1.25 bits per heavy atom. The summed E-state index contributed by atoms with van der Waals surface area (Å²) >= 11 is 0. The van der Waals surface area contributed by atoms with Crippen molar-refractivity contribution >= 4 is 11.9 Å². The van der Waals surface area contributed by atoms with E-state index >= 15 is 0 Å². The number of rotatable bonds is 6. The van der Waals surface area contributed by atoms with E-state index < -0.39 is 0 Å². The fourth-order valence-electron chi connectivity index (χ4n) is 4.11. The number of hydrogen-bond donors (Lipinski definition) is 2. The van der Waals surface area contributed by atoms with E-state index in [1.54, 1.807) is 7.05 Å². The molecular weight excluding hydrogens is 354 g/mol. The third-order valence-corrected chi connectivity index (χ3v) is 5.87. The van der Waals surface area contributed by atoms with Crippen LogP contribution in [0.5, 0.6) is 0 Å². The molecule has 1 saturated heterocycles. The van der Waals surface area contributed by atoms with Crippen molar-refractivity contribution in [1.29, 1.82) is 0 Å². The molecule has 7 heteroatoms. The van der Waals surface area contributed by atoms with Crippen LogP contribution >= 0.6 is 0 Å². The van der Waals surface area contributed by atoms with Crippen LogP contribution in [0.1, 0.15) is 50.2 Å². The monoisotopic (exact) mass is 389 g/mol. The van der Waals surface area contributed by atoms with Gasteiger partial charge in [-0.2, -0.15) is 0 Å². The number of aryl methyl sites for hydroxylation is 1. The summed E-state index contributed by atoms with van der Waals surface area (Å²) in [6.07, 6.45) is 4.61. The Balaban J connectivity index is 1.35. The zero-order valence-corrected chi connectivity index (χ0v) is 17.5. The Morgan fingerprint density at radius 2 is 1.96 bits per heavy atom. The average Bonchev–Trinajstić information content (AvgIpc) is 3.39. The summed E-state index contributed by atoms with van der Waals surface area (Å²) in [5.74, 6) is 3.28. The number of hydrogen-bond acceptors (Lipinski definition) is 4. The lowest BCUT2D eigenvalue weighted by Crippen LogP contribution is -2.52. The lowest BCUT2D eigenvalue weighted by molar-refractivity contribution is -0.137. The molecule has 1 aliphatic heterocycles. The van der Waals surface area contributed by atoms with Gasteiger partial charge in [0.15, 0.2) is 5.96 Å². The minimum Gasteiger partial charge on any atom is -0.464 e. The van der Waals surface area contributed by atoms with E-state index in [-0.39, 0.29) is 6.04 Å². The molecule has 156 valence electrons.